The standard InChI is InChI=1S/C16H16O3S/c1-13-7-9-15(10-8-13)20(18,19)12-11-16(17)14-5-3-2-4-6-14/h2-10H,11-12H2,1H3. The van der Waals surface area contributed by atoms with Gasteiger partial charge in [-0.15, -0.1) is 0 Å². The molecule has 4 heteroatoms. The maximum atomic E-state index is 12.1. The summed E-state index contributed by atoms with van der Waals surface area (Å²) in [5.41, 5.74) is 1.55. The van der Waals surface area contributed by atoms with Crippen LogP contribution in [0.25, 0.3) is 0 Å². The molecule has 0 fully saturated rings. The molecule has 0 aromatic heterocycles. The van der Waals surface area contributed by atoms with Gasteiger partial charge in [-0.1, -0.05) is 48.0 Å². The summed E-state index contributed by atoms with van der Waals surface area (Å²) in [6.07, 6.45) is 0.000221. The molecule has 2 aromatic rings. The molecule has 0 aliphatic carbocycles. The van der Waals surface area contributed by atoms with Gasteiger partial charge in [-0.05, 0) is 19.1 Å². The molecule has 0 saturated carbocycles. The van der Waals surface area contributed by atoms with Gasteiger partial charge in [-0.2, -0.15) is 0 Å². The van der Waals surface area contributed by atoms with Gasteiger partial charge in [0.2, 0.25) is 0 Å². The molecular weight excluding hydrogens is 272 g/mol. The van der Waals surface area contributed by atoms with Crippen molar-refractivity contribution in [2.45, 2.75) is 18.2 Å². The predicted octanol–water partition coefficient (Wildman–Crippen LogP) is 3.04. The van der Waals surface area contributed by atoms with Crippen molar-refractivity contribution in [3.63, 3.8) is 0 Å². The molecule has 0 N–H and O–H groups in total. The number of hydrogen-bond donors (Lipinski definition) is 0. The lowest BCUT2D eigenvalue weighted by molar-refractivity contribution is 0.0989. The summed E-state index contributed by atoms with van der Waals surface area (Å²) in [6.45, 7) is 1.90. The molecule has 20 heavy (non-hydrogen) atoms. The highest BCUT2D eigenvalue weighted by molar-refractivity contribution is 7.91. The Labute approximate surface area is 119 Å². The zero-order valence-corrected chi connectivity index (χ0v) is 12.1. The fourth-order valence-electron chi connectivity index (χ4n) is 1.86. The highest BCUT2D eigenvalue weighted by atomic mass is 32.2. The van der Waals surface area contributed by atoms with Gasteiger partial charge in [-0.25, -0.2) is 8.42 Å². The van der Waals surface area contributed by atoms with Gasteiger partial charge in [0.15, 0.2) is 15.6 Å². The van der Waals surface area contributed by atoms with E-state index in [0.29, 0.717) is 5.56 Å². The first-order valence-electron chi connectivity index (χ1n) is 6.37. The summed E-state index contributed by atoms with van der Waals surface area (Å²) in [7, 11) is -3.40. The number of benzene rings is 2. The van der Waals surface area contributed by atoms with E-state index in [9.17, 15) is 13.2 Å². The molecule has 0 aliphatic rings. The SMILES string of the molecule is Cc1ccc(S(=O)(=O)CCC(=O)c2ccccc2)cc1. The van der Waals surface area contributed by atoms with E-state index in [-0.39, 0.29) is 22.9 Å². The molecule has 2 aromatic carbocycles. The molecule has 2 rings (SSSR count). The van der Waals surface area contributed by atoms with Crippen LogP contribution < -0.4 is 0 Å². The van der Waals surface area contributed by atoms with E-state index in [1.165, 1.54) is 0 Å². The van der Waals surface area contributed by atoms with Crippen molar-refractivity contribution >= 4 is 15.6 Å². The number of aryl methyl sites for hydroxylation is 1. The third-order valence-electron chi connectivity index (χ3n) is 3.07. The first-order valence-corrected chi connectivity index (χ1v) is 8.02. The van der Waals surface area contributed by atoms with Crippen molar-refractivity contribution in [2.75, 3.05) is 5.75 Å². The topological polar surface area (TPSA) is 51.2 Å². The summed E-state index contributed by atoms with van der Waals surface area (Å²) in [4.78, 5) is 12.2. The van der Waals surface area contributed by atoms with Gasteiger partial charge in [-0.3, -0.25) is 4.79 Å². The van der Waals surface area contributed by atoms with E-state index in [4.69, 9.17) is 0 Å². The van der Waals surface area contributed by atoms with Crippen LogP contribution in [-0.2, 0) is 9.84 Å². The molecule has 0 saturated heterocycles. The van der Waals surface area contributed by atoms with Gasteiger partial charge < -0.3 is 0 Å². The lowest BCUT2D eigenvalue weighted by Gasteiger charge is -2.05. The largest absolute Gasteiger partial charge is 0.294 e. The number of sulfone groups is 1. The minimum atomic E-state index is -3.40. The normalized spacial score (nSPS) is 11.2. The van der Waals surface area contributed by atoms with Crippen molar-refractivity contribution < 1.29 is 13.2 Å². The number of carbonyl (C=O) groups is 1. The molecule has 0 heterocycles. The molecule has 0 spiro atoms. The van der Waals surface area contributed by atoms with E-state index < -0.39 is 9.84 Å². The Morgan fingerprint density at radius 2 is 1.55 bits per heavy atom. The molecule has 104 valence electrons. The minimum absolute atomic E-state index is 0.000221. The second kappa shape index (κ2) is 6.01. The first kappa shape index (κ1) is 14.5. The smallest absolute Gasteiger partial charge is 0.178 e. The van der Waals surface area contributed by atoms with Crippen LogP contribution in [0.1, 0.15) is 22.3 Å². The molecule has 0 radical (unpaired) electrons. The monoisotopic (exact) mass is 288 g/mol. The second-order valence-electron chi connectivity index (χ2n) is 4.67. The van der Waals surface area contributed by atoms with E-state index in [2.05, 4.69) is 0 Å². The fraction of sp³-hybridized carbons (Fsp3) is 0.188. The lowest BCUT2D eigenvalue weighted by atomic mass is 10.1. The van der Waals surface area contributed by atoms with Crippen LogP contribution >= 0.6 is 0 Å². The molecular formula is C16H16O3S. The zero-order valence-electron chi connectivity index (χ0n) is 11.2. The third kappa shape index (κ3) is 3.54. The van der Waals surface area contributed by atoms with E-state index in [1.807, 2.05) is 13.0 Å². The average Bonchev–Trinajstić information content (AvgIpc) is 2.46. The Balaban J connectivity index is 2.06. The van der Waals surface area contributed by atoms with E-state index >= 15 is 0 Å². The van der Waals surface area contributed by atoms with Gasteiger partial charge in [0.1, 0.15) is 0 Å². The van der Waals surface area contributed by atoms with Crippen LogP contribution in [0.3, 0.4) is 0 Å². The van der Waals surface area contributed by atoms with Gasteiger partial charge in [0, 0.05) is 12.0 Å². The van der Waals surface area contributed by atoms with E-state index in [1.54, 1.807) is 48.5 Å². The van der Waals surface area contributed by atoms with Crippen molar-refractivity contribution in [1.82, 2.24) is 0 Å². The zero-order chi connectivity index (χ0) is 14.6. The summed E-state index contributed by atoms with van der Waals surface area (Å²) in [6, 6.07) is 15.4. The Morgan fingerprint density at radius 1 is 0.950 bits per heavy atom. The van der Waals surface area contributed by atoms with Crippen LogP contribution in [0.4, 0.5) is 0 Å². The molecule has 0 amide bonds. The quantitative estimate of drug-likeness (QED) is 0.795. The summed E-state index contributed by atoms with van der Waals surface area (Å²) >= 11 is 0. The second-order valence-corrected chi connectivity index (χ2v) is 6.78. The van der Waals surface area contributed by atoms with Crippen molar-refractivity contribution in [2.24, 2.45) is 0 Å². The Kier molecular flexibility index (Phi) is 4.35. The maximum Gasteiger partial charge on any atom is 0.178 e. The van der Waals surface area contributed by atoms with Crippen LogP contribution in [0.2, 0.25) is 0 Å². The molecule has 3 nitrogen and oxygen atoms in total. The highest BCUT2D eigenvalue weighted by Crippen LogP contribution is 2.14. The Morgan fingerprint density at radius 3 is 2.15 bits per heavy atom. The van der Waals surface area contributed by atoms with Crippen molar-refractivity contribution in [1.29, 1.82) is 0 Å². The predicted molar refractivity (Wildman–Crippen MR) is 78.6 cm³/mol. The summed E-state index contributed by atoms with van der Waals surface area (Å²) < 4.78 is 24.3. The number of carbonyl (C=O) groups excluding carboxylic acids is 1. The molecule has 0 bridgehead atoms. The van der Waals surface area contributed by atoms with Crippen molar-refractivity contribution in [3.8, 4) is 0 Å². The lowest BCUT2D eigenvalue weighted by Crippen LogP contribution is -2.11. The fourth-order valence-corrected chi connectivity index (χ4v) is 3.10. The Hall–Kier alpha value is -1.94. The molecule has 0 atom stereocenters. The van der Waals surface area contributed by atoms with Gasteiger partial charge >= 0.3 is 0 Å². The number of ketones is 1. The minimum Gasteiger partial charge on any atom is -0.294 e. The third-order valence-corrected chi connectivity index (χ3v) is 4.81. The highest BCUT2D eigenvalue weighted by Gasteiger charge is 2.16. The molecule has 0 unspecified atom stereocenters. The van der Waals surface area contributed by atoms with Gasteiger partial charge in [0.05, 0.1) is 10.6 Å². The van der Waals surface area contributed by atoms with Gasteiger partial charge in [0.25, 0.3) is 0 Å². The summed E-state index contributed by atoms with van der Waals surface area (Å²) in [5, 5.41) is 0. The van der Waals surface area contributed by atoms with Crippen LogP contribution in [0.15, 0.2) is 59.5 Å². The summed E-state index contributed by atoms with van der Waals surface area (Å²) in [5.74, 6) is -0.314. The van der Waals surface area contributed by atoms with Crippen LogP contribution in [0.5, 0.6) is 0 Å². The Bertz CT molecular complexity index is 686. The van der Waals surface area contributed by atoms with Crippen LogP contribution in [0, 0.1) is 6.92 Å². The van der Waals surface area contributed by atoms with E-state index in [0.717, 1.165) is 5.56 Å². The van der Waals surface area contributed by atoms with Crippen molar-refractivity contribution in [3.05, 3.63) is 65.7 Å². The average molecular weight is 288 g/mol. The number of rotatable bonds is 5. The first-order chi connectivity index (χ1) is 9.49. The molecule has 0 aliphatic heterocycles. The maximum absolute atomic E-state index is 12.1. The van der Waals surface area contributed by atoms with Crippen LogP contribution in [-0.4, -0.2) is 20.0 Å². The number of Topliss-reactive ketones (excluding diaryl/α,β-unsaturated/α-hetero) is 1. The number of hydrogen-bond acceptors (Lipinski definition) is 3.